The lowest BCUT2D eigenvalue weighted by atomic mass is 10.2. The van der Waals surface area contributed by atoms with Crippen LogP contribution in [-0.2, 0) is 5.75 Å². The molecule has 0 aliphatic rings. The maximum Gasteiger partial charge on any atom is 0.276 e. The Hall–Kier alpha value is -1.29. The van der Waals surface area contributed by atoms with Gasteiger partial charge in [0.05, 0.1) is 0 Å². The monoisotopic (exact) mass is 192 g/mol. The minimum Gasteiger partial charge on any atom is -0.419 e. The molecule has 0 unspecified atom stereocenters. The van der Waals surface area contributed by atoms with Gasteiger partial charge >= 0.3 is 0 Å². The maximum atomic E-state index is 5.00. The molecular weight excluding hydrogens is 184 g/mol. The van der Waals surface area contributed by atoms with Gasteiger partial charge in [-0.1, -0.05) is 42.1 Å². The fourth-order valence-electron chi connectivity index (χ4n) is 0.945. The smallest absolute Gasteiger partial charge is 0.276 e. The largest absolute Gasteiger partial charge is 0.419 e. The van der Waals surface area contributed by atoms with E-state index in [4.69, 9.17) is 4.42 Å². The minimum atomic E-state index is 0.615. The Balaban J connectivity index is 1.94. The lowest BCUT2D eigenvalue weighted by Gasteiger charge is -1.95. The van der Waals surface area contributed by atoms with E-state index < -0.39 is 0 Å². The van der Waals surface area contributed by atoms with E-state index in [2.05, 4.69) is 22.3 Å². The quantitative estimate of drug-likeness (QED) is 0.700. The molecule has 0 aliphatic carbocycles. The van der Waals surface area contributed by atoms with Gasteiger partial charge in [-0.15, -0.1) is 10.2 Å². The van der Waals surface area contributed by atoms with Crippen LogP contribution < -0.4 is 0 Å². The Labute approximate surface area is 80.2 Å². The summed E-state index contributed by atoms with van der Waals surface area (Å²) in [6.07, 6.45) is 1.34. The molecular formula is C9H8N2OS. The zero-order valence-electron chi connectivity index (χ0n) is 6.88. The molecule has 1 heterocycles. The summed E-state index contributed by atoms with van der Waals surface area (Å²) >= 11 is 1.54. The normalized spacial score (nSPS) is 10.2. The van der Waals surface area contributed by atoms with Crippen molar-refractivity contribution in [2.75, 3.05) is 0 Å². The topological polar surface area (TPSA) is 38.9 Å². The number of hydrogen-bond acceptors (Lipinski definition) is 4. The summed E-state index contributed by atoms with van der Waals surface area (Å²) in [6.45, 7) is 0. The van der Waals surface area contributed by atoms with Crippen LogP contribution in [0.15, 0.2) is 46.4 Å². The Bertz CT molecular complexity index is 347. The number of rotatable bonds is 3. The predicted molar refractivity (Wildman–Crippen MR) is 50.3 cm³/mol. The standard InChI is InChI=1S/C9H8N2OS/c1-2-4-8(5-3-1)6-13-9-11-10-7-12-9/h1-5,7H,6H2. The van der Waals surface area contributed by atoms with Gasteiger partial charge in [-0.05, 0) is 5.56 Å². The van der Waals surface area contributed by atoms with E-state index in [9.17, 15) is 0 Å². The second-order valence-electron chi connectivity index (χ2n) is 2.48. The van der Waals surface area contributed by atoms with Gasteiger partial charge in [0.1, 0.15) is 0 Å². The number of nitrogens with zero attached hydrogens (tertiary/aromatic N) is 2. The summed E-state index contributed by atoms with van der Waals surface area (Å²) in [4.78, 5) is 0. The van der Waals surface area contributed by atoms with Crippen molar-refractivity contribution in [2.24, 2.45) is 0 Å². The van der Waals surface area contributed by atoms with Crippen molar-refractivity contribution in [2.45, 2.75) is 11.0 Å². The van der Waals surface area contributed by atoms with Crippen molar-refractivity contribution in [3.63, 3.8) is 0 Å². The van der Waals surface area contributed by atoms with E-state index in [1.54, 1.807) is 0 Å². The summed E-state index contributed by atoms with van der Waals surface area (Å²) in [5.74, 6) is 0.864. The van der Waals surface area contributed by atoms with Crippen molar-refractivity contribution in [3.05, 3.63) is 42.3 Å². The van der Waals surface area contributed by atoms with Gasteiger partial charge in [0, 0.05) is 5.75 Å². The van der Waals surface area contributed by atoms with Gasteiger partial charge in [-0.3, -0.25) is 0 Å². The molecule has 1 aromatic carbocycles. The average Bonchev–Trinajstić information content (AvgIpc) is 2.69. The molecule has 0 N–H and O–H groups in total. The molecule has 3 nitrogen and oxygen atoms in total. The maximum absolute atomic E-state index is 5.00. The molecule has 0 amide bonds. The van der Waals surface area contributed by atoms with Crippen LogP contribution in [0.5, 0.6) is 0 Å². The van der Waals surface area contributed by atoms with Crippen LogP contribution in [0.4, 0.5) is 0 Å². The third-order valence-electron chi connectivity index (χ3n) is 1.55. The predicted octanol–water partition coefficient (Wildman–Crippen LogP) is 2.36. The molecule has 0 atom stereocenters. The summed E-state index contributed by atoms with van der Waals surface area (Å²) in [7, 11) is 0. The highest BCUT2D eigenvalue weighted by Gasteiger charge is 1.99. The lowest BCUT2D eigenvalue weighted by molar-refractivity contribution is 0.453. The molecule has 13 heavy (non-hydrogen) atoms. The van der Waals surface area contributed by atoms with Crippen molar-refractivity contribution in [1.82, 2.24) is 10.2 Å². The van der Waals surface area contributed by atoms with Crippen molar-refractivity contribution < 1.29 is 4.42 Å². The molecule has 0 fully saturated rings. The summed E-state index contributed by atoms with van der Waals surface area (Å²) in [6, 6.07) is 10.2. The zero-order chi connectivity index (χ0) is 8.93. The van der Waals surface area contributed by atoms with E-state index in [-0.39, 0.29) is 0 Å². The highest BCUT2D eigenvalue weighted by atomic mass is 32.2. The number of hydrogen-bond donors (Lipinski definition) is 0. The van der Waals surface area contributed by atoms with E-state index in [0.29, 0.717) is 5.22 Å². The lowest BCUT2D eigenvalue weighted by Crippen LogP contribution is -1.78. The average molecular weight is 192 g/mol. The van der Waals surface area contributed by atoms with Crippen LogP contribution >= 0.6 is 11.8 Å². The third-order valence-corrected chi connectivity index (χ3v) is 2.45. The first kappa shape index (κ1) is 8.31. The summed E-state index contributed by atoms with van der Waals surface area (Å²) in [5.41, 5.74) is 1.26. The van der Waals surface area contributed by atoms with Gasteiger partial charge in [0.15, 0.2) is 0 Å². The van der Waals surface area contributed by atoms with E-state index in [1.807, 2.05) is 18.2 Å². The molecule has 4 heteroatoms. The molecule has 2 rings (SSSR count). The second-order valence-corrected chi connectivity index (χ2v) is 3.41. The SMILES string of the molecule is c1ccc(CSc2nnco2)cc1. The molecule has 66 valence electrons. The Morgan fingerprint density at radius 1 is 1.23 bits per heavy atom. The number of aromatic nitrogens is 2. The van der Waals surface area contributed by atoms with Crippen molar-refractivity contribution >= 4 is 11.8 Å². The zero-order valence-corrected chi connectivity index (χ0v) is 7.70. The van der Waals surface area contributed by atoms with Gasteiger partial charge in [0.25, 0.3) is 5.22 Å². The molecule has 0 saturated heterocycles. The van der Waals surface area contributed by atoms with Crippen LogP contribution in [0.25, 0.3) is 0 Å². The van der Waals surface area contributed by atoms with E-state index in [1.165, 1.54) is 23.7 Å². The minimum absolute atomic E-state index is 0.615. The van der Waals surface area contributed by atoms with Crippen LogP contribution in [0, 0.1) is 0 Å². The Morgan fingerprint density at radius 3 is 2.77 bits per heavy atom. The molecule has 2 aromatic rings. The Kier molecular flexibility index (Phi) is 2.62. The summed E-state index contributed by atoms with van der Waals surface area (Å²) in [5, 5.41) is 7.99. The van der Waals surface area contributed by atoms with Gasteiger partial charge in [-0.2, -0.15) is 0 Å². The van der Waals surface area contributed by atoms with Crippen LogP contribution in [0.3, 0.4) is 0 Å². The molecule has 0 saturated carbocycles. The molecule has 0 radical (unpaired) electrons. The van der Waals surface area contributed by atoms with Crippen LogP contribution in [0.1, 0.15) is 5.56 Å². The molecule has 0 bridgehead atoms. The van der Waals surface area contributed by atoms with Crippen LogP contribution in [0.2, 0.25) is 0 Å². The highest BCUT2D eigenvalue weighted by molar-refractivity contribution is 7.98. The first-order valence-corrected chi connectivity index (χ1v) is 4.86. The third kappa shape index (κ3) is 2.32. The first-order chi connectivity index (χ1) is 6.45. The fourth-order valence-corrected chi connectivity index (χ4v) is 1.64. The molecule has 0 spiro atoms. The Morgan fingerprint density at radius 2 is 2.08 bits per heavy atom. The fraction of sp³-hybridized carbons (Fsp3) is 0.111. The van der Waals surface area contributed by atoms with E-state index >= 15 is 0 Å². The van der Waals surface area contributed by atoms with Gasteiger partial charge < -0.3 is 4.42 Å². The van der Waals surface area contributed by atoms with Gasteiger partial charge in [0.2, 0.25) is 6.39 Å². The van der Waals surface area contributed by atoms with Crippen LogP contribution in [-0.4, -0.2) is 10.2 Å². The number of thioether (sulfide) groups is 1. The highest BCUT2D eigenvalue weighted by Crippen LogP contribution is 2.19. The van der Waals surface area contributed by atoms with Crippen molar-refractivity contribution in [3.8, 4) is 0 Å². The first-order valence-electron chi connectivity index (χ1n) is 3.88. The second kappa shape index (κ2) is 4.09. The molecule has 1 aromatic heterocycles. The van der Waals surface area contributed by atoms with E-state index in [0.717, 1.165) is 5.75 Å². The van der Waals surface area contributed by atoms with Crippen molar-refractivity contribution in [1.29, 1.82) is 0 Å². The van der Waals surface area contributed by atoms with Gasteiger partial charge in [-0.25, -0.2) is 0 Å². The molecule has 0 aliphatic heterocycles. The number of benzene rings is 1. The summed E-state index contributed by atoms with van der Waals surface area (Å²) < 4.78 is 5.00.